The first kappa shape index (κ1) is 17.7. The summed E-state index contributed by atoms with van der Waals surface area (Å²) in [5, 5.41) is 0. The van der Waals surface area contributed by atoms with Crippen molar-refractivity contribution in [3.63, 3.8) is 0 Å². The van der Waals surface area contributed by atoms with Crippen molar-refractivity contribution >= 4 is 19.0 Å². The molecule has 0 unspecified atom stereocenters. The fraction of sp³-hybridized carbons (Fsp3) is 0.471. The van der Waals surface area contributed by atoms with E-state index in [0.717, 1.165) is 0 Å². The highest BCUT2D eigenvalue weighted by molar-refractivity contribution is 6.56. The van der Waals surface area contributed by atoms with E-state index < -0.39 is 24.0 Å². The fourth-order valence-corrected chi connectivity index (χ4v) is 2.23. The summed E-state index contributed by atoms with van der Waals surface area (Å²) in [7, 11) is -1.19. The highest BCUT2D eigenvalue weighted by atomic mass is 19.1. The van der Waals surface area contributed by atoms with Crippen molar-refractivity contribution < 1.29 is 23.2 Å². The minimum atomic E-state index is -1.19. The molecule has 1 aliphatic rings. The Morgan fingerprint density at radius 2 is 1.70 bits per heavy atom. The summed E-state index contributed by atoms with van der Waals surface area (Å²) < 4.78 is 31.4. The number of hydrogen-bond acceptors (Lipinski definition) is 4. The third kappa shape index (κ3) is 3.48. The van der Waals surface area contributed by atoms with Crippen LogP contribution < -0.4 is 4.74 Å². The van der Waals surface area contributed by atoms with Gasteiger partial charge in [0.15, 0.2) is 6.29 Å². The molecule has 1 aromatic rings. The molecule has 124 valence electrons. The normalized spacial score (nSPS) is 20.2. The second kappa shape index (κ2) is 6.45. The second-order valence-corrected chi connectivity index (χ2v) is 6.43. The highest BCUT2D eigenvalue weighted by Gasteiger charge is 2.53. The highest BCUT2D eigenvalue weighted by Crippen LogP contribution is 2.40. The second-order valence-electron chi connectivity index (χ2n) is 6.43. The van der Waals surface area contributed by atoms with Crippen LogP contribution in [0.15, 0.2) is 30.0 Å². The van der Waals surface area contributed by atoms with Gasteiger partial charge in [-0.2, -0.15) is 0 Å². The van der Waals surface area contributed by atoms with Gasteiger partial charge in [0.1, 0.15) is 11.5 Å². The van der Waals surface area contributed by atoms with Gasteiger partial charge in [0.05, 0.1) is 17.8 Å². The Balaban J connectivity index is 2.31. The minimum Gasteiger partial charge on any atom is -0.494 e. The van der Waals surface area contributed by atoms with Gasteiger partial charge in [-0.25, -0.2) is 4.39 Å². The first-order chi connectivity index (χ1) is 10.7. The van der Waals surface area contributed by atoms with E-state index in [0.29, 0.717) is 24.2 Å². The first-order valence-electron chi connectivity index (χ1n) is 7.65. The Hall–Kier alpha value is -1.66. The van der Waals surface area contributed by atoms with E-state index in [1.54, 1.807) is 24.3 Å². The molecule has 0 bridgehead atoms. The molecule has 1 aromatic carbocycles. The Morgan fingerprint density at radius 3 is 2.13 bits per heavy atom. The summed E-state index contributed by atoms with van der Waals surface area (Å²) in [6, 6.07) is 6.67. The number of benzene rings is 1. The molecule has 1 fully saturated rings. The van der Waals surface area contributed by atoms with Crippen LogP contribution in [0.2, 0.25) is 0 Å². The summed E-state index contributed by atoms with van der Waals surface area (Å²) in [6.07, 6.45) is 0.482. The molecule has 1 heterocycles. The summed E-state index contributed by atoms with van der Waals surface area (Å²) in [6.45, 7) is 9.74. The number of carbonyl (C=O) groups excluding carboxylic acids is 1. The topological polar surface area (TPSA) is 44.8 Å². The standard InChI is InChI=1S/C17H22BFO4/c1-6-21-13-9-7-12(8-10-13)14(11-20)15(19)18-22-16(2,3)17(4,5)23-18/h7-11H,6H2,1-5H3. The predicted molar refractivity (Wildman–Crippen MR) is 87.8 cm³/mol. The summed E-state index contributed by atoms with van der Waals surface area (Å²) in [5.74, 6) is 0.664. The molecule has 2 rings (SSSR count). The molecule has 0 aromatic heterocycles. The number of hydrogen-bond donors (Lipinski definition) is 0. The average Bonchev–Trinajstić information content (AvgIpc) is 2.70. The van der Waals surface area contributed by atoms with Gasteiger partial charge in [0.25, 0.3) is 0 Å². The number of aldehydes is 1. The largest absolute Gasteiger partial charge is 0.525 e. The van der Waals surface area contributed by atoms with Crippen molar-refractivity contribution in [3.8, 4) is 5.75 Å². The molecule has 23 heavy (non-hydrogen) atoms. The zero-order valence-corrected chi connectivity index (χ0v) is 14.2. The van der Waals surface area contributed by atoms with Crippen molar-refractivity contribution in [3.05, 3.63) is 35.6 Å². The summed E-state index contributed by atoms with van der Waals surface area (Å²) in [5.41, 5.74) is -1.67. The Kier molecular flexibility index (Phi) is 4.97. The lowest BCUT2D eigenvalue weighted by Gasteiger charge is -2.32. The van der Waals surface area contributed by atoms with Crippen molar-refractivity contribution in [2.75, 3.05) is 6.61 Å². The van der Waals surface area contributed by atoms with Gasteiger partial charge < -0.3 is 14.0 Å². The molecule has 4 nitrogen and oxygen atoms in total. The molecule has 0 atom stereocenters. The summed E-state index contributed by atoms with van der Waals surface area (Å²) in [4.78, 5) is 11.4. The van der Waals surface area contributed by atoms with Gasteiger partial charge in [-0.05, 0) is 52.3 Å². The van der Waals surface area contributed by atoms with Gasteiger partial charge in [-0.15, -0.1) is 0 Å². The molecular weight excluding hydrogens is 298 g/mol. The lowest BCUT2D eigenvalue weighted by Crippen LogP contribution is -2.41. The molecule has 0 spiro atoms. The number of ether oxygens (including phenoxy) is 1. The smallest absolute Gasteiger partial charge is 0.494 e. The van der Waals surface area contributed by atoms with E-state index >= 15 is 0 Å². The Labute approximate surface area is 136 Å². The van der Waals surface area contributed by atoms with Crippen LogP contribution in [0.1, 0.15) is 40.2 Å². The SMILES string of the molecule is CCOc1ccc(C(C=O)=C(F)B2OC(C)(C)C(C)(C)O2)cc1. The summed E-state index contributed by atoms with van der Waals surface area (Å²) >= 11 is 0. The molecule has 6 heteroatoms. The zero-order valence-electron chi connectivity index (χ0n) is 14.2. The Bertz CT molecular complexity index is 592. The van der Waals surface area contributed by atoms with Gasteiger partial charge in [-0.1, -0.05) is 12.1 Å². The van der Waals surface area contributed by atoms with E-state index in [4.69, 9.17) is 14.0 Å². The van der Waals surface area contributed by atoms with E-state index in [1.165, 1.54) is 0 Å². The molecule has 1 aliphatic heterocycles. The molecule has 0 aliphatic carbocycles. The van der Waals surface area contributed by atoms with E-state index in [9.17, 15) is 9.18 Å². The molecule has 0 amide bonds. The van der Waals surface area contributed by atoms with Crippen molar-refractivity contribution in [2.45, 2.75) is 45.8 Å². The Morgan fingerprint density at radius 1 is 1.17 bits per heavy atom. The van der Waals surface area contributed by atoms with Crippen molar-refractivity contribution in [1.29, 1.82) is 0 Å². The number of halogens is 1. The average molecular weight is 320 g/mol. The van der Waals surface area contributed by atoms with E-state index in [1.807, 2.05) is 34.6 Å². The van der Waals surface area contributed by atoms with Crippen molar-refractivity contribution in [1.82, 2.24) is 0 Å². The molecule has 0 N–H and O–H groups in total. The fourth-order valence-electron chi connectivity index (χ4n) is 2.23. The first-order valence-corrected chi connectivity index (χ1v) is 7.65. The zero-order chi connectivity index (χ0) is 17.3. The lowest BCUT2D eigenvalue weighted by molar-refractivity contribution is -0.103. The van der Waals surface area contributed by atoms with E-state index in [-0.39, 0.29) is 5.57 Å². The van der Waals surface area contributed by atoms with Crippen LogP contribution in [0.5, 0.6) is 5.75 Å². The van der Waals surface area contributed by atoms with Crippen LogP contribution in [0.3, 0.4) is 0 Å². The van der Waals surface area contributed by atoms with Crippen LogP contribution in [0.4, 0.5) is 4.39 Å². The maximum Gasteiger partial charge on any atom is 0.525 e. The van der Waals surface area contributed by atoms with Crippen LogP contribution in [-0.2, 0) is 14.1 Å². The lowest BCUT2D eigenvalue weighted by atomic mass is 9.83. The van der Waals surface area contributed by atoms with Gasteiger partial charge in [-0.3, -0.25) is 4.79 Å². The number of allylic oxidation sites excluding steroid dienone is 1. The van der Waals surface area contributed by atoms with Crippen LogP contribution in [-0.4, -0.2) is 31.2 Å². The van der Waals surface area contributed by atoms with Gasteiger partial charge in [0.2, 0.25) is 0 Å². The van der Waals surface area contributed by atoms with Crippen LogP contribution in [0, 0.1) is 0 Å². The van der Waals surface area contributed by atoms with Crippen LogP contribution in [0.25, 0.3) is 5.57 Å². The molecular formula is C17H22BFO4. The van der Waals surface area contributed by atoms with Crippen molar-refractivity contribution in [2.24, 2.45) is 0 Å². The number of carbonyl (C=O) groups is 1. The predicted octanol–water partition coefficient (Wildman–Crippen LogP) is 3.60. The molecule has 0 saturated carbocycles. The third-order valence-electron chi connectivity index (χ3n) is 4.31. The minimum absolute atomic E-state index is 0.0773. The van der Waals surface area contributed by atoms with Gasteiger partial charge in [0, 0.05) is 5.57 Å². The monoisotopic (exact) mass is 320 g/mol. The molecule has 1 saturated heterocycles. The molecule has 0 radical (unpaired) electrons. The van der Waals surface area contributed by atoms with Gasteiger partial charge >= 0.3 is 7.12 Å². The maximum atomic E-state index is 14.8. The van der Waals surface area contributed by atoms with E-state index in [2.05, 4.69) is 0 Å². The maximum absolute atomic E-state index is 14.8. The third-order valence-corrected chi connectivity index (χ3v) is 4.31. The van der Waals surface area contributed by atoms with Crippen LogP contribution >= 0.6 is 0 Å². The number of rotatable bonds is 5. The quantitative estimate of drug-likeness (QED) is 0.472.